The van der Waals surface area contributed by atoms with E-state index in [1.54, 1.807) is 0 Å². The Hall–Kier alpha value is -4.33. The van der Waals surface area contributed by atoms with Crippen molar-refractivity contribution < 1.29 is 53.4 Å². The van der Waals surface area contributed by atoms with Crippen molar-refractivity contribution in [2.45, 2.75) is 37.6 Å². The number of rotatable bonds is 9. The summed E-state index contributed by atoms with van der Waals surface area (Å²) in [6, 6.07) is 9.22. The third-order valence-corrected chi connectivity index (χ3v) is 6.83. The molecule has 3 aromatic carbocycles. The average molecular weight is 665 g/mol. The average Bonchev–Trinajstić information content (AvgIpc) is 2.94. The maximum atomic E-state index is 15.0. The predicted octanol–water partition coefficient (Wildman–Crippen LogP) is 8.63. The number of carbonyl (C=O) groups excluding carboxylic acids is 1. The number of nitrogens with zero attached hydrogens (tertiary/aromatic N) is 1. The van der Waals surface area contributed by atoms with Gasteiger partial charge in [-0.1, -0.05) is 23.7 Å². The molecule has 0 saturated heterocycles. The van der Waals surface area contributed by atoms with Crippen LogP contribution in [0.4, 0.5) is 43.9 Å². The minimum atomic E-state index is -5.21. The topological polar surface area (TPSA) is 51.2 Å². The Labute approximate surface area is 253 Å². The van der Waals surface area contributed by atoms with Crippen LogP contribution in [0.1, 0.15) is 38.3 Å². The number of pyridine rings is 1. The normalized spacial score (nSPS) is 13.4. The molecule has 0 radical (unpaired) electrons. The molecule has 4 rings (SSSR count). The largest absolute Gasteiger partial charge is 0.461 e. The van der Waals surface area contributed by atoms with Gasteiger partial charge in [-0.3, -0.25) is 9.78 Å². The third-order valence-electron chi connectivity index (χ3n) is 6.60. The summed E-state index contributed by atoms with van der Waals surface area (Å²) in [5, 5.41) is 2.45. The van der Waals surface area contributed by atoms with E-state index in [2.05, 4.69) is 15.0 Å². The van der Waals surface area contributed by atoms with Crippen LogP contribution in [0, 0.1) is 24.4 Å². The highest BCUT2D eigenvalue weighted by molar-refractivity contribution is 6.30. The van der Waals surface area contributed by atoms with E-state index in [0.29, 0.717) is 24.3 Å². The second-order valence-corrected chi connectivity index (χ2v) is 10.3. The van der Waals surface area contributed by atoms with Crippen LogP contribution in [-0.2, 0) is 18.1 Å². The van der Waals surface area contributed by atoms with Crippen LogP contribution in [0.25, 0.3) is 0 Å². The van der Waals surface area contributed by atoms with E-state index in [1.807, 2.05) is 0 Å². The van der Waals surface area contributed by atoms with Crippen molar-refractivity contribution >= 4 is 17.5 Å². The lowest BCUT2D eigenvalue weighted by atomic mass is 9.79. The highest BCUT2D eigenvalue weighted by Gasteiger charge is 2.45. The highest BCUT2D eigenvalue weighted by Crippen LogP contribution is 2.38. The van der Waals surface area contributed by atoms with Gasteiger partial charge in [-0.05, 0) is 72.1 Å². The molecule has 238 valence electrons. The molecular weight excluding hydrogens is 646 g/mol. The van der Waals surface area contributed by atoms with Gasteiger partial charge in [-0.2, -0.15) is 30.7 Å². The molecule has 0 saturated carbocycles. The summed E-state index contributed by atoms with van der Waals surface area (Å²) in [5.41, 5.74) is -5.22. The van der Waals surface area contributed by atoms with E-state index in [0.717, 1.165) is 18.3 Å². The lowest BCUT2D eigenvalue weighted by molar-refractivity contribution is -0.253. The zero-order chi connectivity index (χ0) is 33.3. The van der Waals surface area contributed by atoms with Crippen LogP contribution < -0.4 is 10.1 Å². The summed E-state index contributed by atoms with van der Waals surface area (Å²) in [6.07, 6.45) is -14.1. The van der Waals surface area contributed by atoms with Gasteiger partial charge in [0.2, 0.25) is 0 Å². The van der Waals surface area contributed by atoms with Gasteiger partial charge in [-0.15, -0.1) is 0 Å². The second-order valence-electron chi connectivity index (χ2n) is 9.81. The van der Waals surface area contributed by atoms with Crippen molar-refractivity contribution in [3.05, 3.63) is 129 Å². The van der Waals surface area contributed by atoms with Crippen molar-refractivity contribution in [2.24, 2.45) is 0 Å². The van der Waals surface area contributed by atoms with E-state index in [9.17, 15) is 48.7 Å². The standard InChI is InChI=1S/C30H19ClF10N2O2/c1-15-2-3-16(8-24(15)34)13-28(25-7-5-19(31)14-42-25,18-10-20(32)12-21(11-18)45-30(40,41)27(35)36)43-26(44)17-4-6-23(33)22(9-17)29(37,38)39/h2-12,14,27H,13H2,1H3,(H,43,44)/t28-/m0/s1. The number of carbonyl (C=O) groups is 1. The number of ether oxygens (including phenoxy) is 1. The molecule has 15 heteroatoms. The van der Waals surface area contributed by atoms with Gasteiger partial charge in [0.05, 0.1) is 16.3 Å². The lowest BCUT2D eigenvalue weighted by Gasteiger charge is -2.36. The first-order chi connectivity index (χ1) is 20.9. The zero-order valence-electron chi connectivity index (χ0n) is 22.6. The first kappa shape index (κ1) is 33.6. The molecule has 4 aromatic rings. The molecule has 1 N–H and O–H groups in total. The van der Waals surface area contributed by atoms with Gasteiger partial charge in [-0.25, -0.2) is 13.2 Å². The SMILES string of the molecule is Cc1ccc(C[C@](NC(=O)c2ccc(F)c(C(F)(F)F)c2)(c2cc(F)cc(OC(F)(F)C(F)F)c2)c2ccc(Cl)cn2)cc1F. The van der Waals surface area contributed by atoms with Gasteiger partial charge < -0.3 is 10.1 Å². The summed E-state index contributed by atoms with van der Waals surface area (Å²) < 4.78 is 141. The van der Waals surface area contributed by atoms with E-state index in [1.165, 1.54) is 31.2 Å². The zero-order valence-corrected chi connectivity index (χ0v) is 23.4. The Morgan fingerprint density at radius 3 is 2.22 bits per heavy atom. The fourth-order valence-electron chi connectivity index (χ4n) is 4.42. The summed E-state index contributed by atoms with van der Waals surface area (Å²) in [4.78, 5) is 17.7. The fraction of sp³-hybridized carbons (Fsp3) is 0.200. The predicted molar refractivity (Wildman–Crippen MR) is 142 cm³/mol. The van der Waals surface area contributed by atoms with Crippen molar-refractivity contribution in [3.8, 4) is 5.75 Å². The first-order valence-electron chi connectivity index (χ1n) is 12.6. The third kappa shape index (κ3) is 7.49. The highest BCUT2D eigenvalue weighted by atomic mass is 35.5. The van der Waals surface area contributed by atoms with Crippen LogP contribution in [0.5, 0.6) is 5.75 Å². The van der Waals surface area contributed by atoms with Gasteiger partial charge in [0, 0.05) is 24.2 Å². The van der Waals surface area contributed by atoms with Crippen molar-refractivity contribution in [1.82, 2.24) is 10.3 Å². The van der Waals surface area contributed by atoms with Gasteiger partial charge >= 0.3 is 18.7 Å². The number of aryl methyl sites for hydroxylation is 1. The quantitative estimate of drug-likeness (QED) is 0.182. The molecule has 0 unspecified atom stereocenters. The molecule has 1 amide bonds. The van der Waals surface area contributed by atoms with Crippen LogP contribution in [-0.4, -0.2) is 23.4 Å². The van der Waals surface area contributed by atoms with E-state index in [-0.39, 0.29) is 27.9 Å². The number of benzene rings is 3. The molecule has 0 aliphatic rings. The number of alkyl halides is 7. The van der Waals surface area contributed by atoms with Gasteiger partial charge in [0.1, 0.15) is 28.7 Å². The molecule has 0 spiro atoms. The molecule has 0 aliphatic heterocycles. The van der Waals surface area contributed by atoms with E-state index in [4.69, 9.17) is 11.6 Å². The van der Waals surface area contributed by atoms with Crippen LogP contribution in [0.3, 0.4) is 0 Å². The molecule has 1 heterocycles. The number of hydrogen-bond donors (Lipinski definition) is 1. The molecular formula is C30H19ClF10N2O2. The summed E-state index contributed by atoms with van der Waals surface area (Å²) >= 11 is 5.96. The monoisotopic (exact) mass is 664 g/mol. The van der Waals surface area contributed by atoms with Crippen LogP contribution in [0.15, 0.2) is 72.9 Å². The van der Waals surface area contributed by atoms with Crippen LogP contribution in [0.2, 0.25) is 5.02 Å². The maximum Gasteiger partial charge on any atom is 0.461 e. The van der Waals surface area contributed by atoms with E-state index < -0.39 is 76.5 Å². The number of nitrogens with one attached hydrogen (secondary N) is 1. The molecule has 0 aliphatic carbocycles. The minimum Gasteiger partial charge on any atom is -0.428 e. The van der Waals surface area contributed by atoms with E-state index >= 15 is 0 Å². The Balaban J connectivity index is 1.99. The van der Waals surface area contributed by atoms with Gasteiger partial charge in [0.25, 0.3) is 5.91 Å². The molecule has 0 bridgehead atoms. The maximum absolute atomic E-state index is 15.0. The smallest absolute Gasteiger partial charge is 0.428 e. The Kier molecular flexibility index (Phi) is 9.38. The molecule has 1 aromatic heterocycles. The minimum absolute atomic E-state index is 0.0496. The number of halogens is 11. The second kappa shape index (κ2) is 12.6. The molecule has 4 nitrogen and oxygen atoms in total. The van der Waals surface area contributed by atoms with Crippen LogP contribution >= 0.6 is 11.6 Å². The van der Waals surface area contributed by atoms with Gasteiger partial charge in [0.15, 0.2) is 0 Å². The van der Waals surface area contributed by atoms with Crippen molar-refractivity contribution in [1.29, 1.82) is 0 Å². The molecule has 1 atom stereocenters. The number of amides is 1. The number of aromatic nitrogens is 1. The number of hydrogen-bond acceptors (Lipinski definition) is 3. The Morgan fingerprint density at radius 2 is 1.62 bits per heavy atom. The fourth-order valence-corrected chi connectivity index (χ4v) is 4.53. The molecule has 0 fully saturated rings. The summed E-state index contributed by atoms with van der Waals surface area (Å²) in [7, 11) is 0. The lowest BCUT2D eigenvalue weighted by Crippen LogP contribution is -2.49. The Bertz CT molecular complexity index is 1710. The Morgan fingerprint density at radius 1 is 0.911 bits per heavy atom. The molecule has 45 heavy (non-hydrogen) atoms. The summed E-state index contributed by atoms with van der Waals surface area (Å²) in [6.45, 7) is 1.43. The summed E-state index contributed by atoms with van der Waals surface area (Å²) in [5.74, 6) is -6.19. The van der Waals surface area contributed by atoms with Crippen molar-refractivity contribution in [3.63, 3.8) is 0 Å². The van der Waals surface area contributed by atoms with Crippen molar-refractivity contribution in [2.75, 3.05) is 0 Å². The first-order valence-corrected chi connectivity index (χ1v) is 13.0.